The maximum Gasteiger partial charge on any atom is 0.268 e. The van der Waals surface area contributed by atoms with Gasteiger partial charge in [-0.15, -0.1) is 5.10 Å². The Morgan fingerprint density at radius 1 is 1.17 bits per heavy atom. The number of carbonyl (C=O) groups excluding carboxylic acids is 2. The first-order valence-corrected chi connectivity index (χ1v) is 6.86. The lowest BCUT2D eigenvalue weighted by Gasteiger charge is -2.02. The molecule has 0 spiro atoms. The van der Waals surface area contributed by atoms with Crippen molar-refractivity contribution < 1.29 is 18.4 Å². The number of H-pyrrole nitrogens is 1. The van der Waals surface area contributed by atoms with E-state index in [1.807, 2.05) is 0 Å². The zero-order valence-corrected chi connectivity index (χ0v) is 12.0. The van der Waals surface area contributed by atoms with Crippen LogP contribution in [0, 0.1) is 5.82 Å². The molecular weight excluding hydrogens is 301 g/mol. The minimum absolute atomic E-state index is 0.165. The maximum atomic E-state index is 12.9. The minimum atomic E-state index is -0.768. The number of benzene rings is 1. The summed E-state index contributed by atoms with van der Waals surface area (Å²) in [6.45, 7) is 0. The van der Waals surface area contributed by atoms with E-state index in [0.29, 0.717) is 12.2 Å². The standard InChI is InChI=1S/C16H12FN3O3/c17-12-3-1-10(2-4-12)7-11-5-6-23-14(11)8-13(21)15(22)16-18-9-19-20-16/h1-6,9H,7-8H2,(H,18,19,20). The fraction of sp³-hybridized carbons (Fsp3) is 0.125. The first-order valence-electron chi connectivity index (χ1n) is 6.86. The van der Waals surface area contributed by atoms with E-state index in [9.17, 15) is 14.0 Å². The Bertz CT molecular complexity index is 823. The second-order valence-electron chi connectivity index (χ2n) is 4.92. The Morgan fingerprint density at radius 2 is 1.96 bits per heavy atom. The number of rotatable bonds is 6. The van der Waals surface area contributed by atoms with E-state index in [1.54, 1.807) is 18.2 Å². The Morgan fingerprint density at radius 3 is 2.65 bits per heavy atom. The molecule has 7 heteroatoms. The molecule has 1 aromatic carbocycles. The summed E-state index contributed by atoms with van der Waals surface area (Å²) in [6, 6.07) is 7.78. The molecule has 0 radical (unpaired) electrons. The van der Waals surface area contributed by atoms with Gasteiger partial charge in [-0.1, -0.05) is 12.1 Å². The lowest BCUT2D eigenvalue weighted by molar-refractivity contribution is -0.114. The van der Waals surface area contributed by atoms with Gasteiger partial charge in [0.2, 0.25) is 11.6 Å². The van der Waals surface area contributed by atoms with Gasteiger partial charge in [-0.3, -0.25) is 14.7 Å². The number of ketones is 2. The van der Waals surface area contributed by atoms with Crippen molar-refractivity contribution in [2.45, 2.75) is 12.8 Å². The number of nitrogens with zero attached hydrogens (tertiary/aromatic N) is 2. The Labute approximate surface area is 130 Å². The van der Waals surface area contributed by atoms with Crippen LogP contribution in [0.25, 0.3) is 0 Å². The summed E-state index contributed by atoms with van der Waals surface area (Å²) in [7, 11) is 0. The molecule has 0 amide bonds. The molecule has 0 saturated heterocycles. The zero-order chi connectivity index (χ0) is 16.2. The summed E-state index contributed by atoms with van der Waals surface area (Å²) in [4.78, 5) is 27.5. The number of aromatic nitrogens is 3. The predicted octanol–water partition coefficient (Wildman–Crippen LogP) is 2.12. The van der Waals surface area contributed by atoms with Crippen LogP contribution in [0.3, 0.4) is 0 Å². The van der Waals surface area contributed by atoms with Gasteiger partial charge in [-0.2, -0.15) is 0 Å². The molecule has 0 aliphatic heterocycles. The molecule has 0 aliphatic carbocycles. The van der Waals surface area contributed by atoms with Crippen LogP contribution < -0.4 is 0 Å². The summed E-state index contributed by atoms with van der Waals surface area (Å²) in [5, 5.41) is 5.98. The highest BCUT2D eigenvalue weighted by Gasteiger charge is 2.22. The number of hydrogen-bond acceptors (Lipinski definition) is 5. The van der Waals surface area contributed by atoms with Gasteiger partial charge in [-0.25, -0.2) is 9.37 Å². The van der Waals surface area contributed by atoms with Crippen LogP contribution in [0.5, 0.6) is 0 Å². The van der Waals surface area contributed by atoms with Crippen molar-refractivity contribution in [2.24, 2.45) is 0 Å². The molecule has 3 rings (SSSR count). The van der Waals surface area contributed by atoms with E-state index in [4.69, 9.17) is 4.42 Å². The fourth-order valence-electron chi connectivity index (χ4n) is 2.17. The van der Waals surface area contributed by atoms with Crippen LogP contribution in [0.4, 0.5) is 4.39 Å². The van der Waals surface area contributed by atoms with Crippen molar-refractivity contribution >= 4 is 11.6 Å². The third-order valence-corrected chi connectivity index (χ3v) is 3.34. The van der Waals surface area contributed by atoms with Gasteiger partial charge in [0.05, 0.1) is 12.7 Å². The van der Waals surface area contributed by atoms with Gasteiger partial charge in [0.1, 0.15) is 17.9 Å². The van der Waals surface area contributed by atoms with Crippen molar-refractivity contribution in [3.63, 3.8) is 0 Å². The average molecular weight is 313 g/mol. The number of aromatic amines is 1. The zero-order valence-electron chi connectivity index (χ0n) is 12.0. The van der Waals surface area contributed by atoms with Crippen LogP contribution >= 0.6 is 0 Å². The molecule has 2 aromatic heterocycles. The molecule has 23 heavy (non-hydrogen) atoms. The Balaban J connectivity index is 1.72. The van der Waals surface area contributed by atoms with Crippen LogP contribution in [0.2, 0.25) is 0 Å². The molecule has 116 valence electrons. The molecule has 2 heterocycles. The highest BCUT2D eigenvalue weighted by molar-refractivity contribution is 6.43. The summed E-state index contributed by atoms with van der Waals surface area (Å²) < 4.78 is 18.2. The lowest BCUT2D eigenvalue weighted by atomic mass is 10.0. The van der Waals surface area contributed by atoms with E-state index in [1.165, 1.54) is 24.7 Å². The molecule has 0 bridgehead atoms. The van der Waals surface area contributed by atoms with Crippen LogP contribution in [-0.2, 0) is 17.6 Å². The predicted molar refractivity (Wildman–Crippen MR) is 77.3 cm³/mol. The first kappa shape index (κ1) is 14.8. The molecule has 0 aliphatic rings. The van der Waals surface area contributed by atoms with Gasteiger partial charge in [0.25, 0.3) is 5.78 Å². The molecule has 3 aromatic rings. The molecular formula is C16H12FN3O3. The van der Waals surface area contributed by atoms with Gasteiger partial charge >= 0.3 is 0 Å². The van der Waals surface area contributed by atoms with E-state index in [-0.39, 0.29) is 18.1 Å². The van der Waals surface area contributed by atoms with Gasteiger partial charge in [0.15, 0.2) is 0 Å². The maximum absolute atomic E-state index is 12.9. The normalized spacial score (nSPS) is 10.7. The van der Waals surface area contributed by atoms with Gasteiger partial charge < -0.3 is 4.42 Å². The summed E-state index contributed by atoms with van der Waals surface area (Å²) in [6.07, 6.45) is 3.00. The molecule has 6 nitrogen and oxygen atoms in total. The van der Waals surface area contributed by atoms with Crippen molar-refractivity contribution in [2.75, 3.05) is 0 Å². The number of halogens is 1. The van der Waals surface area contributed by atoms with Gasteiger partial charge in [0, 0.05) is 6.42 Å². The highest BCUT2D eigenvalue weighted by atomic mass is 19.1. The SMILES string of the molecule is O=C(Cc1occc1Cc1ccc(F)cc1)C(=O)c1nc[nH]n1. The second-order valence-corrected chi connectivity index (χ2v) is 4.92. The lowest BCUT2D eigenvalue weighted by Crippen LogP contribution is -2.18. The summed E-state index contributed by atoms with van der Waals surface area (Å²) in [5.74, 6) is -1.49. The monoisotopic (exact) mass is 313 g/mol. The topological polar surface area (TPSA) is 88.9 Å². The van der Waals surface area contributed by atoms with Crippen molar-refractivity contribution in [1.29, 1.82) is 0 Å². The highest BCUT2D eigenvalue weighted by Crippen LogP contribution is 2.17. The van der Waals surface area contributed by atoms with Crippen LogP contribution in [0.15, 0.2) is 47.3 Å². The van der Waals surface area contributed by atoms with E-state index >= 15 is 0 Å². The van der Waals surface area contributed by atoms with Crippen LogP contribution in [-0.4, -0.2) is 26.7 Å². The van der Waals surface area contributed by atoms with E-state index < -0.39 is 11.6 Å². The number of furan rings is 1. The van der Waals surface area contributed by atoms with E-state index in [2.05, 4.69) is 15.2 Å². The molecule has 0 unspecified atom stereocenters. The average Bonchev–Trinajstić information content (AvgIpc) is 3.21. The molecule has 0 saturated carbocycles. The number of Topliss-reactive ketones (excluding diaryl/α,β-unsaturated/α-hetero) is 2. The number of nitrogens with one attached hydrogen (secondary N) is 1. The number of carbonyl (C=O) groups is 2. The third kappa shape index (κ3) is 3.39. The summed E-state index contributed by atoms with van der Waals surface area (Å²) in [5.41, 5.74) is 1.65. The third-order valence-electron chi connectivity index (χ3n) is 3.34. The second kappa shape index (κ2) is 6.35. The van der Waals surface area contributed by atoms with E-state index in [0.717, 1.165) is 11.1 Å². The molecule has 1 N–H and O–H groups in total. The fourth-order valence-corrected chi connectivity index (χ4v) is 2.17. The number of hydrogen-bond donors (Lipinski definition) is 1. The van der Waals surface area contributed by atoms with Gasteiger partial charge in [-0.05, 0) is 29.3 Å². The van der Waals surface area contributed by atoms with Crippen molar-refractivity contribution in [3.05, 3.63) is 71.5 Å². The largest absolute Gasteiger partial charge is 0.469 e. The molecule has 0 fully saturated rings. The smallest absolute Gasteiger partial charge is 0.268 e. The Hall–Kier alpha value is -3.09. The Kier molecular flexibility index (Phi) is 4.09. The van der Waals surface area contributed by atoms with Crippen LogP contribution in [0.1, 0.15) is 27.5 Å². The first-order chi connectivity index (χ1) is 11.1. The van der Waals surface area contributed by atoms with Crippen molar-refractivity contribution in [1.82, 2.24) is 15.2 Å². The molecule has 0 atom stereocenters. The quantitative estimate of drug-likeness (QED) is 0.556. The summed E-state index contributed by atoms with van der Waals surface area (Å²) >= 11 is 0. The van der Waals surface area contributed by atoms with Crippen molar-refractivity contribution in [3.8, 4) is 0 Å². The minimum Gasteiger partial charge on any atom is -0.469 e.